The lowest BCUT2D eigenvalue weighted by Crippen LogP contribution is -2.08. The Labute approximate surface area is 128 Å². The molecule has 0 aliphatic carbocycles. The summed E-state index contributed by atoms with van der Waals surface area (Å²) in [6.07, 6.45) is 0. The van der Waals surface area contributed by atoms with Crippen LogP contribution in [0.3, 0.4) is 0 Å². The summed E-state index contributed by atoms with van der Waals surface area (Å²) < 4.78 is 6.91. The molecule has 0 saturated carbocycles. The van der Waals surface area contributed by atoms with Gasteiger partial charge in [0, 0.05) is 11.3 Å². The number of anilines is 1. The zero-order valence-corrected chi connectivity index (χ0v) is 13.0. The molecule has 1 unspecified atom stereocenters. The maximum Gasteiger partial charge on any atom is 0.124 e. The normalized spacial score (nSPS) is 12.3. The highest BCUT2D eigenvalue weighted by molar-refractivity contribution is 7.16. The Bertz CT molecular complexity index is 738. The Kier molecular flexibility index (Phi) is 4.06. The van der Waals surface area contributed by atoms with E-state index in [1.54, 1.807) is 11.3 Å². The first-order valence-corrected chi connectivity index (χ1v) is 7.97. The molecule has 108 valence electrons. The van der Waals surface area contributed by atoms with Crippen LogP contribution < -0.4 is 10.1 Å². The summed E-state index contributed by atoms with van der Waals surface area (Å²) in [5, 5.41) is 3.54. The first-order chi connectivity index (χ1) is 10.3. The van der Waals surface area contributed by atoms with Crippen molar-refractivity contribution in [1.82, 2.24) is 4.98 Å². The molecule has 21 heavy (non-hydrogen) atoms. The summed E-state index contributed by atoms with van der Waals surface area (Å²) in [7, 11) is 0. The van der Waals surface area contributed by atoms with Gasteiger partial charge in [-0.05, 0) is 38.1 Å². The van der Waals surface area contributed by atoms with Crippen molar-refractivity contribution in [1.29, 1.82) is 0 Å². The van der Waals surface area contributed by atoms with E-state index in [9.17, 15) is 0 Å². The standard InChI is InChI=1S/C17H18N2OS/c1-3-20-16-7-5-4-6-14(16)12(2)19-13-8-9-15-17(10-13)21-11-18-15/h4-12,19H,3H2,1-2H3. The van der Waals surface area contributed by atoms with Crippen LogP contribution in [0.1, 0.15) is 25.5 Å². The molecule has 0 radical (unpaired) electrons. The summed E-state index contributed by atoms with van der Waals surface area (Å²) >= 11 is 1.66. The lowest BCUT2D eigenvalue weighted by atomic mass is 10.1. The summed E-state index contributed by atoms with van der Waals surface area (Å²) in [6, 6.07) is 14.6. The van der Waals surface area contributed by atoms with E-state index >= 15 is 0 Å². The highest BCUT2D eigenvalue weighted by atomic mass is 32.1. The van der Waals surface area contributed by atoms with Gasteiger partial charge in [0.05, 0.1) is 28.4 Å². The maximum absolute atomic E-state index is 5.71. The van der Waals surface area contributed by atoms with Crippen LogP contribution in [-0.4, -0.2) is 11.6 Å². The molecule has 1 N–H and O–H groups in total. The topological polar surface area (TPSA) is 34.1 Å². The zero-order valence-electron chi connectivity index (χ0n) is 12.2. The Morgan fingerprint density at radius 3 is 2.95 bits per heavy atom. The highest BCUT2D eigenvalue weighted by Gasteiger charge is 2.11. The Morgan fingerprint density at radius 1 is 1.24 bits per heavy atom. The van der Waals surface area contributed by atoms with Gasteiger partial charge in [0.15, 0.2) is 0 Å². The maximum atomic E-state index is 5.71. The van der Waals surface area contributed by atoms with Crippen molar-refractivity contribution in [2.24, 2.45) is 0 Å². The molecule has 3 aromatic rings. The van der Waals surface area contributed by atoms with E-state index in [1.165, 1.54) is 10.3 Å². The first-order valence-electron chi connectivity index (χ1n) is 7.09. The van der Waals surface area contributed by atoms with E-state index in [1.807, 2.05) is 30.6 Å². The van der Waals surface area contributed by atoms with Crippen LogP contribution >= 0.6 is 11.3 Å². The minimum Gasteiger partial charge on any atom is -0.494 e. The van der Waals surface area contributed by atoms with Gasteiger partial charge in [-0.3, -0.25) is 0 Å². The van der Waals surface area contributed by atoms with E-state index in [-0.39, 0.29) is 6.04 Å². The van der Waals surface area contributed by atoms with Gasteiger partial charge < -0.3 is 10.1 Å². The predicted octanol–water partition coefficient (Wildman–Crippen LogP) is 4.87. The molecule has 4 heteroatoms. The van der Waals surface area contributed by atoms with Crippen LogP contribution in [0.2, 0.25) is 0 Å². The Morgan fingerprint density at radius 2 is 2.10 bits per heavy atom. The van der Waals surface area contributed by atoms with E-state index in [4.69, 9.17) is 4.74 Å². The molecule has 2 aromatic carbocycles. The number of rotatable bonds is 5. The number of nitrogens with one attached hydrogen (secondary N) is 1. The second-order valence-corrected chi connectivity index (χ2v) is 5.76. The lowest BCUT2D eigenvalue weighted by molar-refractivity contribution is 0.335. The number of benzene rings is 2. The third-order valence-electron chi connectivity index (χ3n) is 3.40. The average molecular weight is 298 g/mol. The minimum absolute atomic E-state index is 0.179. The summed E-state index contributed by atoms with van der Waals surface area (Å²) in [6.45, 7) is 4.83. The summed E-state index contributed by atoms with van der Waals surface area (Å²) in [4.78, 5) is 4.31. The third kappa shape index (κ3) is 3.00. The highest BCUT2D eigenvalue weighted by Crippen LogP contribution is 2.29. The molecule has 3 nitrogen and oxygen atoms in total. The molecular formula is C17H18N2OS. The second kappa shape index (κ2) is 6.14. The van der Waals surface area contributed by atoms with Gasteiger partial charge in [0.25, 0.3) is 0 Å². The number of thiazole rings is 1. The largest absolute Gasteiger partial charge is 0.494 e. The van der Waals surface area contributed by atoms with Crippen molar-refractivity contribution in [2.45, 2.75) is 19.9 Å². The van der Waals surface area contributed by atoms with Gasteiger partial charge in [-0.25, -0.2) is 4.98 Å². The summed E-state index contributed by atoms with van der Waals surface area (Å²) in [5.74, 6) is 0.943. The number of nitrogens with zero attached hydrogens (tertiary/aromatic N) is 1. The number of hydrogen-bond donors (Lipinski definition) is 1. The van der Waals surface area contributed by atoms with Gasteiger partial charge in [-0.15, -0.1) is 11.3 Å². The van der Waals surface area contributed by atoms with Crippen LogP contribution in [-0.2, 0) is 0 Å². The van der Waals surface area contributed by atoms with Gasteiger partial charge in [0.1, 0.15) is 5.75 Å². The zero-order chi connectivity index (χ0) is 14.7. The van der Waals surface area contributed by atoms with Crippen LogP contribution in [0, 0.1) is 0 Å². The predicted molar refractivity (Wildman–Crippen MR) is 89.3 cm³/mol. The van der Waals surface area contributed by atoms with Crippen LogP contribution in [0.25, 0.3) is 10.2 Å². The summed E-state index contributed by atoms with van der Waals surface area (Å²) in [5.41, 5.74) is 5.20. The van der Waals surface area contributed by atoms with Crippen molar-refractivity contribution in [3.8, 4) is 5.75 Å². The van der Waals surface area contributed by atoms with E-state index < -0.39 is 0 Å². The average Bonchev–Trinajstić information content (AvgIpc) is 2.95. The molecule has 3 rings (SSSR count). The molecule has 0 spiro atoms. The number of para-hydroxylation sites is 1. The lowest BCUT2D eigenvalue weighted by Gasteiger charge is -2.19. The molecule has 0 saturated heterocycles. The monoisotopic (exact) mass is 298 g/mol. The fourth-order valence-corrected chi connectivity index (χ4v) is 3.11. The van der Waals surface area contributed by atoms with Crippen LogP contribution in [0.4, 0.5) is 5.69 Å². The number of hydrogen-bond acceptors (Lipinski definition) is 4. The fraction of sp³-hybridized carbons (Fsp3) is 0.235. The van der Waals surface area contributed by atoms with Crippen LogP contribution in [0.15, 0.2) is 48.0 Å². The quantitative estimate of drug-likeness (QED) is 0.730. The van der Waals surface area contributed by atoms with Crippen LogP contribution in [0.5, 0.6) is 5.75 Å². The Hall–Kier alpha value is -2.07. The SMILES string of the molecule is CCOc1ccccc1C(C)Nc1ccc2ncsc2c1. The minimum atomic E-state index is 0.179. The molecule has 0 aliphatic rings. The molecule has 0 aliphatic heterocycles. The Balaban J connectivity index is 1.83. The van der Waals surface area contributed by atoms with E-state index in [0.29, 0.717) is 6.61 Å². The molecule has 1 heterocycles. The van der Waals surface area contributed by atoms with Crippen molar-refractivity contribution in [3.63, 3.8) is 0 Å². The first kappa shape index (κ1) is 13.9. The molecular weight excluding hydrogens is 280 g/mol. The molecule has 1 atom stereocenters. The van der Waals surface area contributed by atoms with Gasteiger partial charge in [-0.1, -0.05) is 18.2 Å². The third-order valence-corrected chi connectivity index (χ3v) is 4.19. The van der Waals surface area contributed by atoms with Crippen molar-refractivity contribution < 1.29 is 4.74 Å². The number of aromatic nitrogens is 1. The molecule has 1 aromatic heterocycles. The molecule has 0 fully saturated rings. The van der Waals surface area contributed by atoms with Gasteiger partial charge in [-0.2, -0.15) is 0 Å². The molecule has 0 amide bonds. The van der Waals surface area contributed by atoms with Gasteiger partial charge in [0.2, 0.25) is 0 Å². The fourth-order valence-electron chi connectivity index (χ4n) is 2.40. The van der Waals surface area contributed by atoms with Crippen molar-refractivity contribution >= 4 is 27.2 Å². The van der Waals surface area contributed by atoms with E-state index in [0.717, 1.165) is 17.0 Å². The second-order valence-electron chi connectivity index (χ2n) is 4.87. The van der Waals surface area contributed by atoms with Gasteiger partial charge >= 0.3 is 0 Å². The van der Waals surface area contributed by atoms with Crippen molar-refractivity contribution in [2.75, 3.05) is 11.9 Å². The van der Waals surface area contributed by atoms with E-state index in [2.05, 4.69) is 41.5 Å². The van der Waals surface area contributed by atoms with Crippen molar-refractivity contribution in [3.05, 3.63) is 53.5 Å². The number of fused-ring (bicyclic) bond motifs is 1. The number of ether oxygens (including phenoxy) is 1. The smallest absolute Gasteiger partial charge is 0.124 e. The molecule has 0 bridgehead atoms.